The number of nitrogens with one attached hydrogen (secondary N) is 1. The van der Waals surface area contributed by atoms with Crippen LogP contribution in [0.3, 0.4) is 0 Å². The van der Waals surface area contributed by atoms with E-state index in [1.165, 1.54) is 89.9 Å². The summed E-state index contributed by atoms with van der Waals surface area (Å²) in [4.78, 5) is 47.2. The van der Waals surface area contributed by atoms with E-state index in [1.807, 2.05) is 0 Å². The second kappa shape index (κ2) is 29.1. The van der Waals surface area contributed by atoms with Crippen molar-refractivity contribution in [1.82, 2.24) is 5.32 Å². The molecule has 0 aromatic heterocycles. The minimum atomic E-state index is -1.29. The summed E-state index contributed by atoms with van der Waals surface area (Å²) in [7, 11) is 0. The highest BCUT2D eigenvalue weighted by Crippen LogP contribution is 2.27. The molecule has 0 spiro atoms. The quantitative estimate of drug-likeness (QED) is 0.0517. The van der Waals surface area contributed by atoms with Gasteiger partial charge in [-0.25, -0.2) is 4.79 Å². The van der Waals surface area contributed by atoms with Crippen LogP contribution >= 0.6 is 0 Å². The summed E-state index contributed by atoms with van der Waals surface area (Å²) >= 11 is 0. The summed E-state index contributed by atoms with van der Waals surface area (Å²) in [5.41, 5.74) is -1.29. The van der Waals surface area contributed by atoms with Gasteiger partial charge in [-0.15, -0.1) is 0 Å². The van der Waals surface area contributed by atoms with Crippen molar-refractivity contribution in [3.63, 3.8) is 0 Å². The van der Waals surface area contributed by atoms with Crippen LogP contribution in [0.5, 0.6) is 0 Å². The molecule has 0 rings (SSSR count). The van der Waals surface area contributed by atoms with Crippen LogP contribution in [0.15, 0.2) is 0 Å². The minimum Gasteiger partial charge on any atom is -0.481 e. The number of hydrogen-bond acceptors (Lipinski definition) is 5. The fourth-order valence-electron chi connectivity index (χ4n) is 5.98. The average molecular weight is 642 g/mol. The number of carbonyl (C=O) groups is 4. The molecule has 0 aliphatic rings. The normalized spacial score (nSPS) is 11.5. The van der Waals surface area contributed by atoms with E-state index in [0.29, 0.717) is 0 Å². The first-order chi connectivity index (χ1) is 21.6. The third kappa shape index (κ3) is 27.7. The van der Waals surface area contributed by atoms with E-state index in [4.69, 9.17) is 4.74 Å². The van der Waals surface area contributed by atoms with E-state index < -0.39 is 29.5 Å². The summed E-state index contributed by atoms with van der Waals surface area (Å²) in [6, 6.07) is 0. The Hall–Kier alpha value is -2.32. The van der Waals surface area contributed by atoms with Crippen molar-refractivity contribution in [3.05, 3.63) is 0 Å². The van der Waals surface area contributed by atoms with E-state index in [2.05, 4.69) is 19.2 Å². The molecule has 0 fully saturated rings. The van der Waals surface area contributed by atoms with Gasteiger partial charge in [0.25, 0.3) is 0 Å². The molecule has 0 aromatic rings. The van der Waals surface area contributed by atoms with Gasteiger partial charge in [0, 0.05) is 24.8 Å². The summed E-state index contributed by atoms with van der Waals surface area (Å²) < 4.78 is 5.90. The number of carboxylic acids is 3. The van der Waals surface area contributed by atoms with Crippen LogP contribution in [0.2, 0.25) is 0 Å². The lowest BCUT2D eigenvalue weighted by Crippen LogP contribution is -2.50. The zero-order valence-electron chi connectivity index (χ0n) is 28.8. The predicted molar refractivity (Wildman–Crippen MR) is 180 cm³/mol. The third-order valence-corrected chi connectivity index (χ3v) is 8.85. The Morgan fingerprint density at radius 3 is 1.09 bits per heavy atom. The summed E-state index contributed by atoms with van der Waals surface area (Å²) in [5.74, 6) is -3.29. The molecule has 264 valence electrons. The Bertz CT molecular complexity index is 703. The van der Waals surface area contributed by atoms with Gasteiger partial charge in [0.2, 0.25) is 0 Å². The highest BCUT2D eigenvalue weighted by molar-refractivity contribution is 5.71. The molecule has 0 bridgehead atoms. The minimum absolute atomic E-state index is 0.0699. The van der Waals surface area contributed by atoms with Crippen LogP contribution in [-0.4, -0.2) is 51.0 Å². The Kier molecular flexibility index (Phi) is 27.6. The van der Waals surface area contributed by atoms with Gasteiger partial charge < -0.3 is 25.4 Å². The molecule has 0 radical (unpaired) electrons. The van der Waals surface area contributed by atoms with Gasteiger partial charge >= 0.3 is 24.0 Å². The highest BCUT2D eigenvalue weighted by Gasteiger charge is 2.34. The third-order valence-electron chi connectivity index (χ3n) is 8.85. The van der Waals surface area contributed by atoms with E-state index in [1.54, 1.807) is 0 Å². The van der Waals surface area contributed by atoms with Crippen LogP contribution < -0.4 is 5.32 Å². The number of unbranched alkanes of at least 4 members (excludes halogenated alkanes) is 18. The van der Waals surface area contributed by atoms with Crippen LogP contribution in [-0.2, 0) is 19.1 Å². The first-order valence-electron chi connectivity index (χ1n) is 18.3. The van der Waals surface area contributed by atoms with Crippen LogP contribution in [0.25, 0.3) is 0 Å². The molecule has 0 saturated heterocycles. The van der Waals surface area contributed by atoms with Crippen LogP contribution in [0.1, 0.15) is 194 Å². The van der Waals surface area contributed by atoms with Crippen molar-refractivity contribution in [2.75, 3.05) is 0 Å². The van der Waals surface area contributed by atoms with Gasteiger partial charge in [0.15, 0.2) is 0 Å². The van der Waals surface area contributed by atoms with Gasteiger partial charge in [-0.1, -0.05) is 129 Å². The average Bonchev–Trinajstić information content (AvgIpc) is 2.99. The summed E-state index contributed by atoms with van der Waals surface area (Å²) in [6.07, 6.45) is 23.6. The summed E-state index contributed by atoms with van der Waals surface area (Å²) in [5, 5.41) is 30.6. The molecule has 0 saturated carbocycles. The van der Waals surface area contributed by atoms with Gasteiger partial charge in [0.05, 0.1) is 0 Å². The first kappa shape index (κ1) is 42.7. The van der Waals surface area contributed by atoms with E-state index in [-0.39, 0.29) is 44.6 Å². The molecular weight excluding hydrogens is 574 g/mol. The van der Waals surface area contributed by atoms with Gasteiger partial charge in [-0.05, 0) is 44.9 Å². The fourth-order valence-corrected chi connectivity index (χ4v) is 5.98. The number of amides is 1. The molecule has 45 heavy (non-hydrogen) atoms. The Morgan fingerprint density at radius 2 is 0.800 bits per heavy atom. The Labute approximate surface area is 273 Å². The molecule has 0 aliphatic heterocycles. The SMILES string of the molecule is CCCCCCCCCCCCC(CCCCCCCCCCCC)OC(=O)NC(CCC(=O)O)(CCC(=O)O)CCC(=O)O. The standard InChI is InChI=1S/C36H67NO8/c1-3-5-7-9-11-13-15-17-19-21-23-31(24-22-20-18-16-14-12-10-8-6-4-2)45-35(44)37-36(28-25-32(38)39,29-26-33(40)41)30-27-34(42)43/h31H,3-30H2,1-2H3,(H,37,44)(H,38,39)(H,40,41)(H,42,43). The Balaban J connectivity index is 5.08. The Morgan fingerprint density at radius 1 is 0.511 bits per heavy atom. The van der Waals surface area contributed by atoms with Crippen molar-refractivity contribution in [2.24, 2.45) is 0 Å². The summed E-state index contributed by atoms with van der Waals surface area (Å²) in [6.45, 7) is 4.46. The van der Waals surface area contributed by atoms with E-state index in [0.717, 1.165) is 51.4 Å². The van der Waals surface area contributed by atoms with E-state index >= 15 is 0 Å². The maximum Gasteiger partial charge on any atom is 0.407 e. The fraction of sp³-hybridized carbons (Fsp3) is 0.889. The number of ether oxygens (including phenoxy) is 1. The molecule has 4 N–H and O–H groups in total. The second-order valence-corrected chi connectivity index (χ2v) is 13.1. The van der Waals surface area contributed by atoms with Crippen molar-refractivity contribution < 1.29 is 39.2 Å². The highest BCUT2D eigenvalue weighted by atomic mass is 16.6. The van der Waals surface area contributed by atoms with Crippen molar-refractivity contribution in [2.45, 2.75) is 205 Å². The lowest BCUT2D eigenvalue weighted by Gasteiger charge is -2.34. The molecule has 9 nitrogen and oxygen atoms in total. The smallest absolute Gasteiger partial charge is 0.407 e. The van der Waals surface area contributed by atoms with Crippen molar-refractivity contribution in [3.8, 4) is 0 Å². The lowest BCUT2D eigenvalue weighted by molar-refractivity contribution is -0.137. The van der Waals surface area contributed by atoms with Crippen LogP contribution in [0.4, 0.5) is 4.79 Å². The molecule has 0 heterocycles. The molecular formula is C36H67NO8. The molecule has 0 atom stereocenters. The van der Waals surface area contributed by atoms with Gasteiger partial charge in [-0.3, -0.25) is 14.4 Å². The largest absolute Gasteiger partial charge is 0.481 e. The number of carbonyl (C=O) groups excluding carboxylic acids is 1. The molecule has 9 heteroatoms. The predicted octanol–water partition coefficient (Wildman–Crippen LogP) is 10.0. The zero-order valence-corrected chi connectivity index (χ0v) is 28.8. The molecule has 0 aromatic carbocycles. The first-order valence-corrected chi connectivity index (χ1v) is 18.3. The van der Waals surface area contributed by atoms with Crippen LogP contribution in [0, 0.1) is 0 Å². The molecule has 1 amide bonds. The maximum absolute atomic E-state index is 13.2. The molecule has 0 aliphatic carbocycles. The number of carboxylic acid groups (broad SMARTS) is 3. The number of rotatable bonds is 33. The number of hydrogen-bond donors (Lipinski definition) is 4. The second-order valence-electron chi connectivity index (χ2n) is 13.1. The lowest BCUT2D eigenvalue weighted by atomic mass is 9.83. The number of alkyl carbamates (subject to hydrolysis) is 1. The zero-order chi connectivity index (χ0) is 33.6. The topological polar surface area (TPSA) is 150 Å². The van der Waals surface area contributed by atoms with Gasteiger partial charge in [0.1, 0.15) is 6.10 Å². The maximum atomic E-state index is 13.2. The number of aliphatic carboxylic acids is 3. The molecule has 0 unspecified atom stereocenters. The van der Waals surface area contributed by atoms with Crippen molar-refractivity contribution in [1.29, 1.82) is 0 Å². The van der Waals surface area contributed by atoms with Gasteiger partial charge in [-0.2, -0.15) is 0 Å². The van der Waals surface area contributed by atoms with Crippen molar-refractivity contribution >= 4 is 24.0 Å². The van der Waals surface area contributed by atoms with E-state index in [9.17, 15) is 34.5 Å². The monoisotopic (exact) mass is 641 g/mol.